The predicted octanol–water partition coefficient (Wildman–Crippen LogP) is 2.90. The zero-order chi connectivity index (χ0) is 20.1. The third-order valence-electron chi connectivity index (χ3n) is 6.11. The van der Waals surface area contributed by atoms with Crippen molar-refractivity contribution in [2.45, 2.75) is 24.9 Å². The van der Waals surface area contributed by atoms with Crippen LogP contribution in [0.25, 0.3) is 16.8 Å². The van der Waals surface area contributed by atoms with Gasteiger partial charge in [0.15, 0.2) is 5.82 Å². The van der Waals surface area contributed by atoms with Crippen molar-refractivity contribution in [1.29, 1.82) is 0 Å². The Morgan fingerprint density at radius 2 is 1.80 bits per heavy atom. The number of nitrogens with zero attached hydrogens (tertiary/aromatic N) is 6. The lowest BCUT2D eigenvalue weighted by atomic mass is 10.1. The first-order chi connectivity index (χ1) is 14.8. The SMILES string of the molecule is O=C(c1cccnc1-n1cccn1)N1CC2CCC(C1)N2c1nccc2occc12. The van der Waals surface area contributed by atoms with Crippen LogP contribution in [0.15, 0.2) is 65.8 Å². The molecule has 2 atom stereocenters. The molecule has 1 amide bonds. The van der Waals surface area contributed by atoms with Gasteiger partial charge in [-0.3, -0.25) is 4.79 Å². The molecule has 8 nitrogen and oxygen atoms in total. The Morgan fingerprint density at radius 1 is 0.967 bits per heavy atom. The topological polar surface area (TPSA) is 80.3 Å². The number of rotatable bonds is 3. The Kier molecular flexibility index (Phi) is 3.83. The number of carbonyl (C=O) groups excluding carboxylic acids is 1. The monoisotopic (exact) mass is 400 g/mol. The van der Waals surface area contributed by atoms with Crippen LogP contribution in [0.3, 0.4) is 0 Å². The van der Waals surface area contributed by atoms with Crippen LogP contribution < -0.4 is 4.90 Å². The Bertz CT molecular complexity index is 1200. The first-order valence-electron chi connectivity index (χ1n) is 10.1. The number of fused-ring (bicyclic) bond motifs is 3. The van der Waals surface area contributed by atoms with Gasteiger partial charge in [0.1, 0.15) is 11.4 Å². The number of piperazine rings is 1. The summed E-state index contributed by atoms with van der Waals surface area (Å²) in [5.41, 5.74) is 1.42. The van der Waals surface area contributed by atoms with Crippen molar-refractivity contribution >= 4 is 22.7 Å². The van der Waals surface area contributed by atoms with Gasteiger partial charge >= 0.3 is 0 Å². The zero-order valence-corrected chi connectivity index (χ0v) is 16.3. The molecule has 6 heterocycles. The number of anilines is 1. The van der Waals surface area contributed by atoms with E-state index in [2.05, 4.69) is 20.0 Å². The van der Waals surface area contributed by atoms with Gasteiger partial charge in [-0.25, -0.2) is 14.6 Å². The molecule has 2 fully saturated rings. The van der Waals surface area contributed by atoms with Gasteiger partial charge in [0.2, 0.25) is 0 Å². The molecule has 0 aliphatic carbocycles. The van der Waals surface area contributed by atoms with Gasteiger partial charge in [0.05, 0.1) is 17.2 Å². The highest BCUT2D eigenvalue weighted by Crippen LogP contribution is 2.37. The zero-order valence-electron chi connectivity index (χ0n) is 16.3. The van der Waals surface area contributed by atoms with Crippen molar-refractivity contribution in [3.63, 3.8) is 0 Å². The molecule has 4 aromatic heterocycles. The van der Waals surface area contributed by atoms with Crippen LogP contribution in [0.2, 0.25) is 0 Å². The van der Waals surface area contributed by atoms with E-state index in [1.807, 2.05) is 29.2 Å². The maximum absolute atomic E-state index is 13.4. The van der Waals surface area contributed by atoms with Gasteiger partial charge in [0.25, 0.3) is 5.91 Å². The van der Waals surface area contributed by atoms with E-state index >= 15 is 0 Å². The number of furan rings is 1. The van der Waals surface area contributed by atoms with Crippen LogP contribution in [-0.4, -0.2) is 55.7 Å². The highest BCUT2D eigenvalue weighted by atomic mass is 16.3. The fraction of sp³-hybridized carbons (Fsp3) is 0.273. The van der Waals surface area contributed by atoms with E-state index in [0.29, 0.717) is 24.5 Å². The number of hydrogen-bond donors (Lipinski definition) is 0. The molecule has 2 aliphatic rings. The largest absolute Gasteiger partial charge is 0.464 e. The maximum atomic E-state index is 13.4. The Hall–Kier alpha value is -3.68. The lowest BCUT2D eigenvalue weighted by Gasteiger charge is -2.42. The summed E-state index contributed by atoms with van der Waals surface area (Å²) in [5, 5.41) is 5.28. The predicted molar refractivity (Wildman–Crippen MR) is 111 cm³/mol. The minimum atomic E-state index is -0.000344. The molecular weight excluding hydrogens is 380 g/mol. The minimum absolute atomic E-state index is 0.000344. The van der Waals surface area contributed by atoms with Crippen LogP contribution in [0.4, 0.5) is 5.82 Å². The molecule has 4 aromatic rings. The van der Waals surface area contributed by atoms with Crippen molar-refractivity contribution in [1.82, 2.24) is 24.6 Å². The normalized spacial score (nSPS) is 20.8. The molecule has 2 saturated heterocycles. The molecule has 0 radical (unpaired) electrons. The van der Waals surface area contributed by atoms with Crippen LogP contribution in [0.5, 0.6) is 0 Å². The van der Waals surface area contributed by atoms with Crippen LogP contribution in [0, 0.1) is 0 Å². The minimum Gasteiger partial charge on any atom is -0.464 e. The van der Waals surface area contributed by atoms with Crippen molar-refractivity contribution in [2.24, 2.45) is 0 Å². The number of hydrogen-bond acceptors (Lipinski definition) is 6. The van der Waals surface area contributed by atoms with Gasteiger partial charge in [-0.2, -0.15) is 5.10 Å². The fourth-order valence-electron chi connectivity index (χ4n) is 4.81. The second-order valence-electron chi connectivity index (χ2n) is 7.79. The lowest BCUT2D eigenvalue weighted by Crippen LogP contribution is -2.55. The Balaban J connectivity index is 1.31. The molecule has 0 aromatic carbocycles. The first-order valence-corrected chi connectivity index (χ1v) is 10.1. The van der Waals surface area contributed by atoms with Crippen LogP contribution >= 0.6 is 0 Å². The Morgan fingerprint density at radius 3 is 2.60 bits per heavy atom. The smallest absolute Gasteiger partial charge is 0.257 e. The van der Waals surface area contributed by atoms with Gasteiger partial charge in [-0.1, -0.05) is 0 Å². The van der Waals surface area contributed by atoms with Crippen molar-refractivity contribution < 1.29 is 9.21 Å². The summed E-state index contributed by atoms with van der Waals surface area (Å²) < 4.78 is 7.20. The molecule has 0 spiro atoms. The lowest BCUT2D eigenvalue weighted by molar-refractivity contribution is 0.0717. The third kappa shape index (κ3) is 2.60. The number of carbonyl (C=O) groups is 1. The highest BCUT2D eigenvalue weighted by molar-refractivity contribution is 5.97. The summed E-state index contributed by atoms with van der Waals surface area (Å²) in [6, 6.07) is 9.80. The first kappa shape index (κ1) is 17.2. The van der Waals surface area contributed by atoms with E-state index in [1.165, 1.54) is 0 Å². The van der Waals surface area contributed by atoms with Gasteiger partial charge < -0.3 is 14.2 Å². The third-order valence-corrected chi connectivity index (χ3v) is 6.11. The number of aromatic nitrogens is 4. The van der Waals surface area contributed by atoms with E-state index in [0.717, 1.165) is 29.6 Å². The number of likely N-dealkylation sites (tertiary alicyclic amines) is 1. The van der Waals surface area contributed by atoms with E-state index in [1.54, 1.807) is 41.8 Å². The molecule has 6 rings (SSSR count). The number of pyridine rings is 2. The molecule has 30 heavy (non-hydrogen) atoms. The summed E-state index contributed by atoms with van der Waals surface area (Å²) in [6.07, 6.45) is 10.8. The Labute approximate surface area is 172 Å². The molecule has 2 aliphatic heterocycles. The standard InChI is InChI=1S/C22H20N6O2/c29-22(18-3-1-8-23-20(18)27-11-2-9-25-27)26-13-15-4-5-16(14-26)28(15)21-17-7-12-30-19(17)6-10-24-21/h1-3,6-12,15-16H,4-5,13-14H2. The summed E-state index contributed by atoms with van der Waals surface area (Å²) >= 11 is 0. The van der Waals surface area contributed by atoms with Crippen LogP contribution in [-0.2, 0) is 0 Å². The van der Waals surface area contributed by atoms with Gasteiger partial charge in [-0.15, -0.1) is 0 Å². The average Bonchev–Trinajstić information content (AvgIpc) is 3.52. The van der Waals surface area contributed by atoms with Gasteiger partial charge in [0, 0.05) is 50.0 Å². The molecule has 8 heteroatoms. The summed E-state index contributed by atoms with van der Waals surface area (Å²) in [4.78, 5) is 26.9. The molecule has 0 saturated carbocycles. The maximum Gasteiger partial charge on any atom is 0.257 e. The second-order valence-corrected chi connectivity index (χ2v) is 7.79. The quantitative estimate of drug-likeness (QED) is 0.526. The second kappa shape index (κ2) is 6.69. The van der Waals surface area contributed by atoms with Crippen molar-refractivity contribution in [2.75, 3.05) is 18.0 Å². The average molecular weight is 400 g/mol. The molecule has 150 valence electrons. The summed E-state index contributed by atoms with van der Waals surface area (Å²) in [5.74, 6) is 1.52. The van der Waals surface area contributed by atoms with Crippen molar-refractivity contribution in [3.8, 4) is 5.82 Å². The van der Waals surface area contributed by atoms with E-state index in [9.17, 15) is 4.79 Å². The molecule has 0 N–H and O–H groups in total. The van der Waals surface area contributed by atoms with Crippen molar-refractivity contribution in [3.05, 3.63) is 66.9 Å². The van der Waals surface area contributed by atoms with Gasteiger partial charge in [-0.05, 0) is 43.2 Å². The van der Waals surface area contributed by atoms with Crippen LogP contribution in [0.1, 0.15) is 23.2 Å². The summed E-state index contributed by atoms with van der Waals surface area (Å²) in [6.45, 7) is 1.33. The van der Waals surface area contributed by atoms with E-state index in [-0.39, 0.29) is 18.0 Å². The fourth-order valence-corrected chi connectivity index (χ4v) is 4.81. The molecular formula is C22H20N6O2. The molecule has 2 unspecified atom stereocenters. The van der Waals surface area contributed by atoms with E-state index < -0.39 is 0 Å². The summed E-state index contributed by atoms with van der Waals surface area (Å²) in [7, 11) is 0. The number of amides is 1. The molecule has 2 bridgehead atoms. The van der Waals surface area contributed by atoms with E-state index in [4.69, 9.17) is 4.42 Å². The highest BCUT2D eigenvalue weighted by Gasteiger charge is 2.43.